The Morgan fingerprint density at radius 3 is 2.63 bits per heavy atom. The zero-order chi connectivity index (χ0) is 26.4. The van der Waals surface area contributed by atoms with E-state index in [2.05, 4.69) is 36.0 Å². The van der Waals surface area contributed by atoms with Gasteiger partial charge in [-0.3, -0.25) is 4.79 Å². The molecule has 0 radical (unpaired) electrons. The number of amides is 1. The summed E-state index contributed by atoms with van der Waals surface area (Å²) < 4.78 is 12.4. The highest BCUT2D eigenvalue weighted by Crippen LogP contribution is 2.41. The Bertz CT molecular complexity index is 1520. The van der Waals surface area contributed by atoms with E-state index in [9.17, 15) is 4.79 Å². The SMILES string of the molecule is CCN1CCCc2cc3c(cc21)O/C(=C/C1=CC(=C2/C(=O)N(c4ccccc4)N=C2C)/C=C(C)O1)C=C3C. The summed E-state index contributed by atoms with van der Waals surface area (Å²) in [5.74, 6) is 2.73. The summed E-state index contributed by atoms with van der Waals surface area (Å²) in [4.78, 5) is 15.8. The molecule has 0 saturated heterocycles. The highest BCUT2D eigenvalue weighted by atomic mass is 16.5. The third kappa shape index (κ3) is 4.26. The van der Waals surface area contributed by atoms with Crippen molar-refractivity contribution in [1.82, 2.24) is 0 Å². The predicted molar refractivity (Wildman–Crippen MR) is 152 cm³/mol. The van der Waals surface area contributed by atoms with Crippen LogP contribution < -0.4 is 14.6 Å². The largest absolute Gasteiger partial charge is 0.462 e. The minimum Gasteiger partial charge on any atom is -0.462 e. The van der Waals surface area contributed by atoms with Crippen molar-refractivity contribution in [3.8, 4) is 5.75 Å². The van der Waals surface area contributed by atoms with Crippen LogP contribution in [-0.2, 0) is 16.0 Å². The first kappa shape index (κ1) is 24.0. The second kappa shape index (κ2) is 9.53. The van der Waals surface area contributed by atoms with E-state index in [0.29, 0.717) is 28.6 Å². The summed E-state index contributed by atoms with van der Waals surface area (Å²) in [5.41, 5.74) is 7.71. The molecule has 192 valence electrons. The van der Waals surface area contributed by atoms with Crippen molar-refractivity contribution >= 4 is 28.6 Å². The number of hydrogen-bond donors (Lipinski definition) is 0. The molecule has 4 heterocycles. The molecule has 0 unspecified atom stereocenters. The molecule has 0 spiro atoms. The van der Waals surface area contributed by atoms with Gasteiger partial charge in [-0.15, -0.1) is 0 Å². The average molecular weight is 506 g/mol. The third-order valence-electron chi connectivity index (χ3n) is 7.32. The van der Waals surface area contributed by atoms with Crippen LogP contribution in [0.1, 0.15) is 45.2 Å². The Morgan fingerprint density at radius 2 is 1.84 bits per heavy atom. The first-order chi connectivity index (χ1) is 18.4. The molecule has 0 atom stereocenters. The molecule has 38 heavy (non-hydrogen) atoms. The Kier molecular flexibility index (Phi) is 6.03. The lowest BCUT2D eigenvalue weighted by atomic mass is 9.94. The van der Waals surface area contributed by atoms with Gasteiger partial charge in [-0.2, -0.15) is 10.1 Å². The predicted octanol–water partition coefficient (Wildman–Crippen LogP) is 6.68. The topological polar surface area (TPSA) is 54.4 Å². The molecule has 6 nitrogen and oxygen atoms in total. The lowest BCUT2D eigenvalue weighted by molar-refractivity contribution is -0.114. The Balaban J connectivity index is 1.34. The van der Waals surface area contributed by atoms with Gasteiger partial charge >= 0.3 is 0 Å². The van der Waals surface area contributed by atoms with E-state index in [1.165, 1.54) is 22.7 Å². The van der Waals surface area contributed by atoms with E-state index >= 15 is 0 Å². The van der Waals surface area contributed by atoms with E-state index in [1.807, 2.05) is 68.5 Å². The molecule has 6 heteroatoms. The van der Waals surface area contributed by atoms with Gasteiger partial charge < -0.3 is 14.4 Å². The van der Waals surface area contributed by atoms with Crippen molar-refractivity contribution in [2.75, 3.05) is 23.0 Å². The number of hydrazone groups is 1. The Labute approximate surface area is 223 Å². The summed E-state index contributed by atoms with van der Waals surface area (Å²) in [5, 5.41) is 5.99. The molecule has 4 aliphatic rings. The minimum atomic E-state index is -0.151. The normalized spacial score (nSPS) is 21.7. The van der Waals surface area contributed by atoms with Crippen molar-refractivity contribution < 1.29 is 14.3 Å². The molecule has 1 amide bonds. The van der Waals surface area contributed by atoms with Crippen LogP contribution in [0, 0.1) is 0 Å². The number of allylic oxidation sites excluding steroid dienone is 7. The van der Waals surface area contributed by atoms with Crippen molar-refractivity contribution in [1.29, 1.82) is 0 Å². The van der Waals surface area contributed by atoms with Crippen molar-refractivity contribution in [2.45, 2.75) is 40.5 Å². The number of ether oxygens (including phenoxy) is 2. The van der Waals surface area contributed by atoms with Crippen LogP contribution in [0.4, 0.5) is 11.4 Å². The van der Waals surface area contributed by atoms with Crippen LogP contribution in [0.25, 0.3) is 5.57 Å². The summed E-state index contributed by atoms with van der Waals surface area (Å²) in [6.07, 6.45) is 9.98. The monoisotopic (exact) mass is 505 g/mol. The van der Waals surface area contributed by atoms with Crippen LogP contribution >= 0.6 is 0 Å². The molecule has 0 aliphatic carbocycles. The molecule has 2 aromatic carbocycles. The van der Waals surface area contributed by atoms with E-state index in [-0.39, 0.29) is 5.91 Å². The average Bonchev–Trinajstić information content (AvgIpc) is 3.21. The summed E-state index contributed by atoms with van der Waals surface area (Å²) >= 11 is 0. The van der Waals surface area contributed by atoms with Gasteiger partial charge in [0, 0.05) is 36.5 Å². The molecule has 4 aliphatic heterocycles. The fourth-order valence-corrected chi connectivity index (χ4v) is 5.53. The second-order valence-corrected chi connectivity index (χ2v) is 10.0. The number of rotatable bonds is 3. The molecule has 2 aromatic rings. The smallest absolute Gasteiger partial charge is 0.281 e. The summed E-state index contributed by atoms with van der Waals surface area (Å²) in [7, 11) is 0. The zero-order valence-corrected chi connectivity index (χ0v) is 22.2. The van der Waals surface area contributed by atoms with E-state index in [0.717, 1.165) is 47.7 Å². The lowest BCUT2D eigenvalue weighted by Crippen LogP contribution is -2.29. The quantitative estimate of drug-likeness (QED) is 0.437. The van der Waals surface area contributed by atoms with Gasteiger partial charge in [0.25, 0.3) is 5.91 Å². The Hall–Kier alpha value is -4.32. The van der Waals surface area contributed by atoms with Gasteiger partial charge in [0.05, 0.1) is 17.0 Å². The summed E-state index contributed by atoms with van der Waals surface area (Å²) in [6, 6.07) is 13.9. The second-order valence-electron chi connectivity index (χ2n) is 10.0. The van der Waals surface area contributed by atoms with E-state index in [1.54, 1.807) is 0 Å². The zero-order valence-electron chi connectivity index (χ0n) is 22.2. The fraction of sp³-hybridized carbons (Fsp3) is 0.250. The van der Waals surface area contributed by atoms with Gasteiger partial charge in [-0.1, -0.05) is 18.2 Å². The maximum Gasteiger partial charge on any atom is 0.281 e. The number of para-hydroxylation sites is 1. The van der Waals surface area contributed by atoms with Gasteiger partial charge in [0.2, 0.25) is 0 Å². The van der Waals surface area contributed by atoms with Gasteiger partial charge in [0.1, 0.15) is 23.0 Å². The number of hydrogen-bond acceptors (Lipinski definition) is 5. The minimum absolute atomic E-state index is 0.151. The standard InChI is InChI=1S/C32H31N3O3/c1-5-34-13-9-10-23-17-28-20(2)14-26(38-30(28)19-29(23)34)18-27-16-24(15-21(3)37-27)31-22(4)33-35(32(31)36)25-11-7-6-8-12-25/h6-8,11-12,14-19H,5,9-10,13H2,1-4H3/b26-18+,31-24+. The van der Waals surface area contributed by atoms with Crippen molar-refractivity contribution in [3.63, 3.8) is 0 Å². The van der Waals surface area contributed by atoms with Crippen LogP contribution in [0.3, 0.4) is 0 Å². The first-order valence-electron chi connectivity index (χ1n) is 13.2. The number of fused-ring (bicyclic) bond motifs is 2. The fourth-order valence-electron chi connectivity index (χ4n) is 5.53. The number of anilines is 2. The number of aryl methyl sites for hydroxylation is 1. The Morgan fingerprint density at radius 1 is 1.03 bits per heavy atom. The number of nitrogens with zero attached hydrogens (tertiary/aromatic N) is 3. The third-order valence-corrected chi connectivity index (χ3v) is 7.32. The number of carbonyl (C=O) groups is 1. The first-order valence-corrected chi connectivity index (χ1v) is 13.2. The van der Waals surface area contributed by atoms with Gasteiger partial charge in [-0.25, -0.2) is 0 Å². The van der Waals surface area contributed by atoms with Crippen LogP contribution in [0.2, 0.25) is 0 Å². The molecular weight excluding hydrogens is 474 g/mol. The molecule has 0 fully saturated rings. The highest BCUT2D eigenvalue weighted by Gasteiger charge is 2.31. The van der Waals surface area contributed by atoms with Gasteiger partial charge in [-0.05, 0) is 93.7 Å². The number of carbonyl (C=O) groups excluding carboxylic acids is 1. The maximum atomic E-state index is 13.4. The van der Waals surface area contributed by atoms with Crippen LogP contribution in [-0.4, -0.2) is 24.7 Å². The molecule has 0 saturated carbocycles. The van der Waals surface area contributed by atoms with Gasteiger partial charge in [0.15, 0.2) is 0 Å². The van der Waals surface area contributed by atoms with Crippen LogP contribution in [0.5, 0.6) is 5.75 Å². The maximum absolute atomic E-state index is 13.4. The molecule has 0 N–H and O–H groups in total. The van der Waals surface area contributed by atoms with Crippen molar-refractivity contribution in [3.05, 3.63) is 106 Å². The van der Waals surface area contributed by atoms with Crippen molar-refractivity contribution in [2.24, 2.45) is 5.10 Å². The molecule has 0 bridgehead atoms. The lowest BCUT2D eigenvalue weighted by Gasteiger charge is -2.32. The highest BCUT2D eigenvalue weighted by molar-refractivity contribution is 6.30. The summed E-state index contributed by atoms with van der Waals surface area (Å²) in [6.45, 7) is 10.1. The molecule has 0 aromatic heterocycles. The van der Waals surface area contributed by atoms with E-state index < -0.39 is 0 Å². The molecule has 6 rings (SSSR count). The number of benzene rings is 2. The van der Waals surface area contributed by atoms with Crippen LogP contribution in [0.15, 0.2) is 100 Å². The van der Waals surface area contributed by atoms with E-state index in [4.69, 9.17) is 9.47 Å². The molecular formula is C32H31N3O3.